The first-order chi connectivity index (χ1) is 21.0. The van der Waals surface area contributed by atoms with E-state index in [9.17, 15) is 4.39 Å². The normalized spacial score (nSPS) is 14.0. The van der Waals surface area contributed by atoms with E-state index in [2.05, 4.69) is 53.1 Å². The Bertz CT molecular complexity index is 1900. The summed E-state index contributed by atoms with van der Waals surface area (Å²) in [5.74, 6) is 0.230. The number of fused-ring (bicyclic) bond motifs is 2. The summed E-state index contributed by atoms with van der Waals surface area (Å²) >= 11 is 0. The highest BCUT2D eigenvalue weighted by Crippen LogP contribution is 2.36. The van der Waals surface area contributed by atoms with E-state index < -0.39 is 0 Å². The van der Waals surface area contributed by atoms with Crippen molar-refractivity contribution in [3.05, 3.63) is 84.6 Å². The van der Waals surface area contributed by atoms with Gasteiger partial charge in [0, 0.05) is 65.2 Å². The van der Waals surface area contributed by atoms with Gasteiger partial charge in [-0.15, -0.1) is 0 Å². The molecule has 0 spiro atoms. The Hall–Kier alpha value is -4.60. The highest BCUT2D eigenvalue weighted by Gasteiger charge is 2.16. The van der Waals surface area contributed by atoms with Gasteiger partial charge in [-0.25, -0.2) is 9.37 Å². The smallest absolute Gasteiger partial charge is 0.181 e. The fourth-order valence-electron chi connectivity index (χ4n) is 6.00. The highest BCUT2D eigenvalue weighted by atomic mass is 19.1. The van der Waals surface area contributed by atoms with Crippen molar-refractivity contribution in [2.75, 3.05) is 40.3 Å². The molecule has 0 radical (unpaired) electrons. The predicted octanol–water partition coefficient (Wildman–Crippen LogP) is 6.51. The van der Waals surface area contributed by atoms with Crippen LogP contribution < -0.4 is 4.74 Å². The lowest BCUT2D eigenvalue weighted by molar-refractivity contribution is 0.237. The van der Waals surface area contributed by atoms with E-state index in [1.54, 1.807) is 6.07 Å². The van der Waals surface area contributed by atoms with Crippen LogP contribution in [0, 0.1) is 5.82 Å². The van der Waals surface area contributed by atoms with Crippen molar-refractivity contribution in [3.63, 3.8) is 0 Å². The van der Waals surface area contributed by atoms with Crippen LogP contribution in [0.15, 0.2) is 73.2 Å². The summed E-state index contributed by atoms with van der Waals surface area (Å²) in [6.07, 6.45) is 8.06. The molecule has 1 saturated heterocycles. The molecule has 2 aromatic carbocycles. The average molecular weight is 576 g/mol. The third-order valence-electron chi connectivity index (χ3n) is 8.03. The molecule has 0 amide bonds. The van der Waals surface area contributed by atoms with Gasteiger partial charge in [-0.1, -0.05) is 12.1 Å². The second-order valence-corrected chi connectivity index (χ2v) is 11.5. The Morgan fingerprint density at radius 3 is 2.65 bits per heavy atom. The van der Waals surface area contributed by atoms with Crippen molar-refractivity contribution >= 4 is 21.9 Å². The average Bonchev–Trinajstić information content (AvgIpc) is 3.76. The summed E-state index contributed by atoms with van der Waals surface area (Å²) in [7, 11) is 4.09. The van der Waals surface area contributed by atoms with Crippen LogP contribution in [0.3, 0.4) is 0 Å². The maximum absolute atomic E-state index is 14.8. The van der Waals surface area contributed by atoms with Gasteiger partial charge in [0.1, 0.15) is 18.2 Å². The van der Waals surface area contributed by atoms with Crippen LogP contribution in [0.4, 0.5) is 4.39 Å². The predicted molar refractivity (Wildman–Crippen MR) is 168 cm³/mol. The molecule has 43 heavy (non-hydrogen) atoms. The number of aromatic amines is 2. The van der Waals surface area contributed by atoms with E-state index in [4.69, 9.17) is 4.74 Å². The molecule has 0 unspecified atom stereocenters. The van der Waals surface area contributed by atoms with Crippen LogP contribution >= 0.6 is 0 Å². The zero-order valence-electron chi connectivity index (χ0n) is 24.4. The summed E-state index contributed by atoms with van der Waals surface area (Å²) in [5.41, 5.74) is 8.11. The van der Waals surface area contributed by atoms with E-state index in [1.807, 2.05) is 57.0 Å². The van der Waals surface area contributed by atoms with Gasteiger partial charge in [0.15, 0.2) is 5.65 Å². The first kappa shape index (κ1) is 27.2. The molecule has 0 aliphatic carbocycles. The molecule has 8 nitrogen and oxygen atoms in total. The number of nitrogens with zero attached hydrogens (tertiary/aromatic N) is 5. The lowest BCUT2D eigenvalue weighted by Crippen LogP contribution is -2.25. The van der Waals surface area contributed by atoms with Gasteiger partial charge in [0.05, 0.1) is 11.4 Å². The van der Waals surface area contributed by atoms with Crippen molar-refractivity contribution in [1.82, 2.24) is 34.9 Å². The van der Waals surface area contributed by atoms with Crippen molar-refractivity contribution in [3.8, 4) is 39.4 Å². The molecule has 2 N–H and O–H groups in total. The van der Waals surface area contributed by atoms with Crippen LogP contribution in [0.5, 0.6) is 5.75 Å². The number of H-pyrrole nitrogens is 2. The molecular formula is C34H34FN7O. The SMILES string of the molecule is CN(C)Cc1cncc(-c2cnc3n[nH]c(-c4cc5c(-c6cc(F)cc(OCCN7CCCC7)c6)cccc5[nH]4)c3c2)c1. The number of hydrogen-bond donors (Lipinski definition) is 2. The Balaban J connectivity index is 1.21. The third-order valence-corrected chi connectivity index (χ3v) is 8.03. The lowest BCUT2D eigenvalue weighted by atomic mass is 10.0. The minimum atomic E-state index is -0.316. The van der Waals surface area contributed by atoms with E-state index in [0.29, 0.717) is 18.0 Å². The number of benzene rings is 2. The van der Waals surface area contributed by atoms with Gasteiger partial charge in [0.2, 0.25) is 0 Å². The van der Waals surface area contributed by atoms with E-state index in [1.165, 1.54) is 18.9 Å². The van der Waals surface area contributed by atoms with Crippen LogP contribution in [0.2, 0.25) is 0 Å². The number of halogens is 1. The molecule has 5 heterocycles. The molecule has 1 fully saturated rings. The first-order valence-electron chi connectivity index (χ1n) is 14.7. The topological polar surface area (TPSA) is 86.0 Å². The summed E-state index contributed by atoms with van der Waals surface area (Å²) in [6.45, 7) is 4.43. The summed E-state index contributed by atoms with van der Waals surface area (Å²) < 4.78 is 20.8. The van der Waals surface area contributed by atoms with Gasteiger partial charge in [-0.2, -0.15) is 5.10 Å². The molecule has 6 aromatic rings. The Morgan fingerprint density at radius 1 is 0.930 bits per heavy atom. The molecule has 1 aliphatic rings. The first-order valence-corrected chi connectivity index (χ1v) is 14.7. The maximum Gasteiger partial charge on any atom is 0.181 e. The van der Waals surface area contributed by atoms with Crippen LogP contribution in [0.1, 0.15) is 18.4 Å². The second kappa shape index (κ2) is 11.6. The van der Waals surface area contributed by atoms with Gasteiger partial charge >= 0.3 is 0 Å². The fourth-order valence-corrected chi connectivity index (χ4v) is 6.00. The van der Waals surface area contributed by atoms with Crippen LogP contribution in [-0.2, 0) is 6.54 Å². The minimum absolute atomic E-state index is 0.316. The maximum atomic E-state index is 14.8. The molecule has 7 rings (SSSR count). The van der Waals surface area contributed by atoms with Crippen molar-refractivity contribution in [2.24, 2.45) is 0 Å². The number of aromatic nitrogens is 5. The van der Waals surface area contributed by atoms with Gasteiger partial charge < -0.3 is 14.6 Å². The zero-order valence-corrected chi connectivity index (χ0v) is 24.4. The highest BCUT2D eigenvalue weighted by molar-refractivity contribution is 6.01. The molecule has 0 saturated carbocycles. The number of likely N-dealkylation sites (tertiary alicyclic amines) is 1. The van der Waals surface area contributed by atoms with Gasteiger partial charge in [-0.05, 0) is 93.1 Å². The molecule has 0 atom stereocenters. The third kappa shape index (κ3) is 5.74. The van der Waals surface area contributed by atoms with E-state index in [0.717, 1.165) is 81.7 Å². The largest absolute Gasteiger partial charge is 0.492 e. The monoisotopic (exact) mass is 575 g/mol. The summed E-state index contributed by atoms with van der Waals surface area (Å²) in [4.78, 5) is 17.1. The number of nitrogens with one attached hydrogen (secondary N) is 2. The van der Waals surface area contributed by atoms with Crippen LogP contribution in [-0.4, -0.2) is 75.3 Å². The van der Waals surface area contributed by atoms with Crippen LogP contribution in [0.25, 0.3) is 55.6 Å². The molecule has 9 heteroatoms. The minimum Gasteiger partial charge on any atom is -0.492 e. The molecule has 0 bridgehead atoms. The quantitative estimate of drug-likeness (QED) is 0.204. The number of ether oxygens (including phenoxy) is 1. The van der Waals surface area contributed by atoms with Crippen molar-refractivity contribution in [2.45, 2.75) is 19.4 Å². The molecule has 4 aromatic heterocycles. The molecule has 1 aliphatic heterocycles. The molecular weight excluding hydrogens is 541 g/mol. The Labute approximate surface area is 249 Å². The molecule has 218 valence electrons. The van der Waals surface area contributed by atoms with Crippen molar-refractivity contribution in [1.29, 1.82) is 0 Å². The lowest BCUT2D eigenvalue weighted by Gasteiger charge is -2.15. The number of hydrogen-bond acceptors (Lipinski definition) is 6. The fraction of sp³-hybridized carbons (Fsp3) is 0.265. The number of rotatable bonds is 9. The van der Waals surface area contributed by atoms with Crippen molar-refractivity contribution < 1.29 is 9.13 Å². The standard InChI is InChI=1S/C34H34FN7O/c1-41(2)21-22-12-24(19-36-18-22)25-15-30-33(39-40-34(30)37-20-25)32-17-29-28(6-5-7-31(29)38-32)23-13-26(35)16-27(14-23)43-11-10-42-8-3-4-9-42/h5-7,12-20,38H,3-4,8-11,21H2,1-2H3,(H,37,39,40). The Kier molecular flexibility index (Phi) is 7.34. The Morgan fingerprint density at radius 2 is 1.79 bits per heavy atom. The number of pyridine rings is 2. The summed E-state index contributed by atoms with van der Waals surface area (Å²) in [6, 6.07) is 17.3. The zero-order chi connectivity index (χ0) is 29.3. The van der Waals surface area contributed by atoms with Gasteiger partial charge in [-0.3, -0.25) is 15.0 Å². The van der Waals surface area contributed by atoms with E-state index >= 15 is 0 Å². The summed E-state index contributed by atoms with van der Waals surface area (Å²) in [5, 5.41) is 9.54. The van der Waals surface area contributed by atoms with E-state index in [-0.39, 0.29) is 5.82 Å². The van der Waals surface area contributed by atoms with Gasteiger partial charge in [0.25, 0.3) is 0 Å². The second-order valence-electron chi connectivity index (χ2n) is 11.5.